The fourth-order valence-corrected chi connectivity index (χ4v) is 3.71. The van der Waals surface area contributed by atoms with E-state index in [-0.39, 0.29) is 0 Å². The third-order valence-electron chi connectivity index (χ3n) is 4.51. The van der Waals surface area contributed by atoms with E-state index in [0.29, 0.717) is 5.41 Å². The average Bonchev–Trinajstić information content (AvgIpc) is 2.40. The van der Waals surface area contributed by atoms with E-state index in [1.165, 1.54) is 51.4 Å². The molecule has 2 rings (SSSR count). The van der Waals surface area contributed by atoms with E-state index >= 15 is 0 Å². The molecule has 0 saturated heterocycles. The minimum atomic E-state index is 0.513. The van der Waals surface area contributed by atoms with Crippen LogP contribution in [0, 0.1) is 0 Å². The summed E-state index contributed by atoms with van der Waals surface area (Å²) in [5, 5.41) is 0. The molecule has 1 aromatic rings. The van der Waals surface area contributed by atoms with Gasteiger partial charge in [-0.25, -0.2) is 0 Å². The predicted molar refractivity (Wildman–Crippen MR) is 75.5 cm³/mol. The van der Waals surface area contributed by atoms with E-state index in [2.05, 4.69) is 38.1 Å². The van der Waals surface area contributed by atoms with Crippen LogP contribution in [0.1, 0.15) is 69.9 Å². The van der Waals surface area contributed by atoms with E-state index in [0.717, 1.165) is 0 Å². The SMILES string of the molecule is CCCC1(c2ccccc2CC)CCCCC1. The molecular formula is C17H26. The molecule has 0 heterocycles. The summed E-state index contributed by atoms with van der Waals surface area (Å²) in [6.07, 6.45) is 11.0. The molecule has 0 aromatic heterocycles. The van der Waals surface area contributed by atoms with Crippen molar-refractivity contribution in [2.75, 3.05) is 0 Å². The van der Waals surface area contributed by atoms with Crippen LogP contribution in [0.4, 0.5) is 0 Å². The zero-order valence-electron chi connectivity index (χ0n) is 11.5. The molecule has 1 fully saturated rings. The van der Waals surface area contributed by atoms with E-state index < -0.39 is 0 Å². The molecule has 0 spiro atoms. The Labute approximate surface area is 106 Å². The second kappa shape index (κ2) is 5.71. The van der Waals surface area contributed by atoms with Gasteiger partial charge in [-0.3, -0.25) is 0 Å². The third kappa shape index (κ3) is 2.56. The normalized spacial score (nSPS) is 19.2. The van der Waals surface area contributed by atoms with Gasteiger partial charge in [0.05, 0.1) is 0 Å². The number of hydrogen-bond donors (Lipinski definition) is 0. The average molecular weight is 230 g/mol. The minimum Gasteiger partial charge on any atom is -0.0654 e. The minimum absolute atomic E-state index is 0.513. The van der Waals surface area contributed by atoms with Gasteiger partial charge in [0, 0.05) is 0 Å². The summed E-state index contributed by atoms with van der Waals surface area (Å²) >= 11 is 0. The maximum Gasteiger partial charge on any atom is -0.00443 e. The number of hydrogen-bond acceptors (Lipinski definition) is 0. The molecule has 0 bridgehead atoms. The van der Waals surface area contributed by atoms with Crippen LogP contribution >= 0.6 is 0 Å². The molecule has 1 aliphatic rings. The zero-order valence-corrected chi connectivity index (χ0v) is 11.5. The Kier molecular flexibility index (Phi) is 4.25. The summed E-state index contributed by atoms with van der Waals surface area (Å²) in [4.78, 5) is 0. The first-order valence-corrected chi connectivity index (χ1v) is 7.41. The highest BCUT2D eigenvalue weighted by Crippen LogP contribution is 2.44. The van der Waals surface area contributed by atoms with Crippen LogP contribution in [-0.4, -0.2) is 0 Å². The van der Waals surface area contributed by atoms with Crippen molar-refractivity contribution >= 4 is 0 Å². The Bertz CT molecular complexity index is 339. The Balaban J connectivity index is 2.37. The van der Waals surface area contributed by atoms with Crippen LogP contribution in [0.25, 0.3) is 0 Å². The second-order valence-electron chi connectivity index (χ2n) is 5.60. The van der Waals surface area contributed by atoms with Crippen molar-refractivity contribution in [1.82, 2.24) is 0 Å². The first kappa shape index (κ1) is 12.7. The highest BCUT2D eigenvalue weighted by Gasteiger charge is 2.33. The van der Waals surface area contributed by atoms with Crippen molar-refractivity contribution in [2.24, 2.45) is 0 Å². The highest BCUT2D eigenvalue weighted by atomic mass is 14.4. The van der Waals surface area contributed by atoms with Crippen molar-refractivity contribution in [3.8, 4) is 0 Å². The van der Waals surface area contributed by atoms with Gasteiger partial charge in [0.25, 0.3) is 0 Å². The lowest BCUT2D eigenvalue weighted by Gasteiger charge is -2.39. The molecule has 1 saturated carbocycles. The van der Waals surface area contributed by atoms with E-state index in [4.69, 9.17) is 0 Å². The molecule has 1 aromatic carbocycles. The van der Waals surface area contributed by atoms with Crippen molar-refractivity contribution < 1.29 is 0 Å². The molecule has 17 heavy (non-hydrogen) atoms. The molecule has 0 nitrogen and oxygen atoms in total. The van der Waals surface area contributed by atoms with Gasteiger partial charge in [-0.1, -0.05) is 63.8 Å². The molecule has 0 atom stereocenters. The lowest BCUT2D eigenvalue weighted by molar-refractivity contribution is 0.270. The van der Waals surface area contributed by atoms with Gasteiger partial charge < -0.3 is 0 Å². The molecule has 0 unspecified atom stereocenters. The first-order chi connectivity index (χ1) is 8.32. The Morgan fingerprint density at radius 3 is 2.35 bits per heavy atom. The molecule has 0 heteroatoms. The first-order valence-electron chi connectivity index (χ1n) is 7.41. The van der Waals surface area contributed by atoms with Gasteiger partial charge in [-0.15, -0.1) is 0 Å². The molecule has 94 valence electrons. The quantitative estimate of drug-likeness (QED) is 0.662. The molecule has 1 aliphatic carbocycles. The van der Waals surface area contributed by atoms with Crippen molar-refractivity contribution in [3.05, 3.63) is 35.4 Å². The van der Waals surface area contributed by atoms with Gasteiger partial charge in [0.1, 0.15) is 0 Å². The Hall–Kier alpha value is -0.780. The van der Waals surface area contributed by atoms with Crippen molar-refractivity contribution in [1.29, 1.82) is 0 Å². The summed E-state index contributed by atoms with van der Waals surface area (Å²) < 4.78 is 0. The lowest BCUT2D eigenvalue weighted by atomic mass is 9.65. The monoisotopic (exact) mass is 230 g/mol. The van der Waals surface area contributed by atoms with Crippen LogP contribution in [0.3, 0.4) is 0 Å². The van der Waals surface area contributed by atoms with Crippen molar-refractivity contribution in [3.63, 3.8) is 0 Å². The fourth-order valence-electron chi connectivity index (χ4n) is 3.71. The standard InChI is InChI=1S/C17H26/c1-3-12-17(13-8-5-9-14-17)16-11-7-6-10-15(16)4-2/h6-7,10-11H,3-5,8-9,12-14H2,1-2H3. The molecule has 0 amide bonds. The van der Waals surface area contributed by atoms with E-state index in [9.17, 15) is 0 Å². The maximum absolute atomic E-state index is 2.40. The van der Waals surface area contributed by atoms with Crippen LogP contribution in [-0.2, 0) is 11.8 Å². The summed E-state index contributed by atoms with van der Waals surface area (Å²) in [7, 11) is 0. The summed E-state index contributed by atoms with van der Waals surface area (Å²) in [6.45, 7) is 4.63. The van der Waals surface area contributed by atoms with Gasteiger partial charge in [0.2, 0.25) is 0 Å². The smallest absolute Gasteiger partial charge is 0.00443 e. The molecule has 0 aliphatic heterocycles. The van der Waals surface area contributed by atoms with Crippen LogP contribution in [0.15, 0.2) is 24.3 Å². The third-order valence-corrected chi connectivity index (χ3v) is 4.51. The summed E-state index contributed by atoms with van der Waals surface area (Å²) in [6, 6.07) is 9.17. The number of benzene rings is 1. The number of rotatable bonds is 4. The summed E-state index contributed by atoms with van der Waals surface area (Å²) in [5.41, 5.74) is 3.77. The van der Waals surface area contributed by atoms with Crippen LogP contribution in [0.2, 0.25) is 0 Å². The number of aryl methyl sites for hydroxylation is 1. The van der Waals surface area contributed by atoms with Crippen LogP contribution < -0.4 is 0 Å². The predicted octanol–water partition coefficient (Wildman–Crippen LogP) is 5.25. The molecular weight excluding hydrogens is 204 g/mol. The Morgan fingerprint density at radius 2 is 1.71 bits per heavy atom. The van der Waals surface area contributed by atoms with Gasteiger partial charge in [-0.2, -0.15) is 0 Å². The second-order valence-corrected chi connectivity index (χ2v) is 5.60. The molecule has 0 radical (unpaired) electrons. The highest BCUT2D eigenvalue weighted by molar-refractivity contribution is 5.35. The zero-order chi connectivity index (χ0) is 12.1. The van der Waals surface area contributed by atoms with E-state index in [1.54, 1.807) is 11.1 Å². The Morgan fingerprint density at radius 1 is 1.00 bits per heavy atom. The van der Waals surface area contributed by atoms with Crippen molar-refractivity contribution in [2.45, 2.75) is 70.6 Å². The van der Waals surface area contributed by atoms with E-state index in [1.807, 2.05) is 0 Å². The maximum atomic E-state index is 2.40. The lowest BCUT2D eigenvalue weighted by Crippen LogP contribution is -2.30. The fraction of sp³-hybridized carbons (Fsp3) is 0.647. The van der Waals surface area contributed by atoms with Crippen LogP contribution in [0.5, 0.6) is 0 Å². The van der Waals surface area contributed by atoms with Gasteiger partial charge >= 0.3 is 0 Å². The van der Waals surface area contributed by atoms with Gasteiger partial charge in [-0.05, 0) is 42.2 Å². The molecule has 0 N–H and O–H groups in total. The van der Waals surface area contributed by atoms with Gasteiger partial charge in [0.15, 0.2) is 0 Å². The summed E-state index contributed by atoms with van der Waals surface area (Å²) in [5.74, 6) is 0. The largest absolute Gasteiger partial charge is 0.0654 e. The topological polar surface area (TPSA) is 0 Å².